The van der Waals surface area contributed by atoms with Gasteiger partial charge in [-0.25, -0.2) is 0 Å². The second kappa shape index (κ2) is 6.31. The lowest BCUT2D eigenvalue weighted by Gasteiger charge is -2.44. The lowest BCUT2D eigenvalue weighted by molar-refractivity contribution is 0.0509. The lowest BCUT2D eigenvalue weighted by atomic mass is 9.74. The van der Waals surface area contributed by atoms with Crippen molar-refractivity contribution in [3.05, 3.63) is 23.7 Å². The predicted molar refractivity (Wildman–Crippen MR) is 83.7 cm³/mol. The van der Waals surface area contributed by atoms with Crippen molar-refractivity contribution in [2.45, 2.75) is 65.5 Å². The molecule has 2 rings (SSSR count). The number of hydrogen-bond acceptors (Lipinski definition) is 3. The first kappa shape index (κ1) is 15.6. The highest BCUT2D eigenvalue weighted by molar-refractivity contribution is 5.12. The number of nitrogens with two attached hydrogens (primary N) is 1. The van der Waals surface area contributed by atoms with Gasteiger partial charge >= 0.3 is 0 Å². The van der Waals surface area contributed by atoms with E-state index in [0.29, 0.717) is 5.41 Å². The Kier molecular flexibility index (Phi) is 4.92. The molecule has 114 valence electrons. The molecule has 1 saturated heterocycles. The maximum atomic E-state index is 6.24. The first-order valence-electron chi connectivity index (χ1n) is 8.07. The van der Waals surface area contributed by atoms with Crippen LogP contribution in [0.3, 0.4) is 0 Å². The molecule has 0 saturated carbocycles. The molecule has 1 aliphatic rings. The molecule has 1 aliphatic heterocycles. The van der Waals surface area contributed by atoms with Crippen molar-refractivity contribution in [2.75, 3.05) is 13.1 Å². The molecule has 0 spiro atoms. The molecule has 3 heteroatoms. The fraction of sp³-hybridized carbons (Fsp3) is 0.765. The molecule has 20 heavy (non-hydrogen) atoms. The maximum absolute atomic E-state index is 6.24. The minimum Gasteiger partial charge on any atom is -0.465 e. The molecule has 0 bridgehead atoms. The van der Waals surface area contributed by atoms with Crippen molar-refractivity contribution >= 4 is 0 Å². The van der Waals surface area contributed by atoms with Crippen LogP contribution in [0, 0.1) is 12.3 Å². The number of piperidine rings is 1. The van der Waals surface area contributed by atoms with Crippen LogP contribution in [-0.4, -0.2) is 24.0 Å². The molecule has 0 aromatic carbocycles. The highest BCUT2D eigenvalue weighted by Crippen LogP contribution is 2.40. The summed E-state index contributed by atoms with van der Waals surface area (Å²) < 4.78 is 5.84. The second-order valence-corrected chi connectivity index (χ2v) is 6.50. The zero-order chi connectivity index (χ0) is 14.8. The monoisotopic (exact) mass is 278 g/mol. The van der Waals surface area contributed by atoms with E-state index in [0.717, 1.165) is 24.6 Å². The zero-order valence-electron chi connectivity index (χ0n) is 13.5. The van der Waals surface area contributed by atoms with Crippen LogP contribution in [0.1, 0.15) is 64.0 Å². The van der Waals surface area contributed by atoms with Gasteiger partial charge in [0.05, 0.1) is 6.04 Å². The van der Waals surface area contributed by atoms with E-state index in [2.05, 4.69) is 31.7 Å². The van der Waals surface area contributed by atoms with E-state index >= 15 is 0 Å². The number of likely N-dealkylation sites (tertiary alicyclic amines) is 1. The van der Waals surface area contributed by atoms with Crippen LogP contribution in [0.15, 0.2) is 16.5 Å². The van der Waals surface area contributed by atoms with Crippen molar-refractivity contribution in [3.8, 4) is 0 Å². The molecule has 0 radical (unpaired) electrons. The summed E-state index contributed by atoms with van der Waals surface area (Å²) in [5, 5.41) is 0. The van der Waals surface area contributed by atoms with Crippen molar-refractivity contribution < 1.29 is 4.42 Å². The van der Waals surface area contributed by atoms with Gasteiger partial charge in [-0.2, -0.15) is 0 Å². The predicted octanol–water partition coefficient (Wildman–Crippen LogP) is 3.88. The molecule has 2 N–H and O–H groups in total. The SMILES string of the molecule is CCC1(CC)CCN(C(c2ccc(C)o2)C(C)N)CC1. The number of nitrogens with zero attached hydrogens (tertiary/aromatic N) is 1. The van der Waals surface area contributed by atoms with Crippen molar-refractivity contribution in [3.63, 3.8) is 0 Å². The van der Waals surface area contributed by atoms with Gasteiger partial charge in [0.1, 0.15) is 11.5 Å². The van der Waals surface area contributed by atoms with Gasteiger partial charge in [0.2, 0.25) is 0 Å². The first-order valence-corrected chi connectivity index (χ1v) is 8.07. The highest BCUT2D eigenvalue weighted by Gasteiger charge is 2.36. The normalized spacial score (nSPS) is 22.6. The van der Waals surface area contributed by atoms with Gasteiger partial charge in [-0.1, -0.05) is 26.7 Å². The Morgan fingerprint density at radius 3 is 2.25 bits per heavy atom. The number of aryl methyl sites for hydroxylation is 1. The standard InChI is InChI=1S/C17H30N2O/c1-5-17(6-2)9-11-19(12-10-17)16(14(4)18)15-8-7-13(3)20-15/h7-8,14,16H,5-6,9-12,18H2,1-4H3. The zero-order valence-corrected chi connectivity index (χ0v) is 13.5. The third-order valence-electron chi connectivity index (χ3n) is 5.30. The fourth-order valence-electron chi connectivity index (χ4n) is 3.62. The van der Waals surface area contributed by atoms with E-state index in [1.807, 2.05) is 13.0 Å². The Morgan fingerprint density at radius 2 is 1.85 bits per heavy atom. The van der Waals surface area contributed by atoms with Crippen LogP contribution in [0.2, 0.25) is 0 Å². The fourth-order valence-corrected chi connectivity index (χ4v) is 3.62. The van der Waals surface area contributed by atoms with Gasteiger partial charge < -0.3 is 10.2 Å². The van der Waals surface area contributed by atoms with E-state index in [1.165, 1.54) is 25.7 Å². The van der Waals surface area contributed by atoms with Gasteiger partial charge in [-0.15, -0.1) is 0 Å². The van der Waals surface area contributed by atoms with Crippen LogP contribution in [-0.2, 0) is 0 Å². The molecule has 2 unspecified atom stereocenters. The third-order valence-corrected chi connectivity index (χ3v) is 5.30. The van der Waals surface area contributed by atoms with E-state index in [4.69, 9.17) is 10.2 Å². The summed E-state index contributed by atoms with van der Waals surface area (Å²) >= 11 is 0. The molecule has 1 aromatic heterocycles. The van der Waals surface area contributed by atoms with Gasteiger partial charge in [-0.05, 0) is 57.3 Å². The van der Waals surface area contributed by atoms with Crippen LogP contribution in [0.25, 0.3) is 0 Å². The topological polar surface area (TPSA) is 42.4 Å². The molecule has 0 amide bonds. The smallest absolute Gasteiger partial charge is 0.122 e. The molecular formula is C17H30N2O. The Balaban J connectivity index is 2.10. The highest BCUT2D eigenvalue weighted by atomic mass is 16.3. The molecule has 3 nitrogen and oxygen atoms in total. The number of rotatable bonds is 5. The van der Waals surface area contributed by atoms with Crippen LogP contribution in [0.5, 0.6) is 0 Å². The Bertz CT molecular complexity index is 410. The lowest BCUT2D eigenvalue weighted by Crippen LogP contribution is -2.46. The van der Waals surface area contributed by atoms with Crippen LogP contribution >= 0.6 is 0 Å². The molecular weight excluding hydrogens is 248 g/mol. The summed E-state index contributed by atoms with van der Waals surface area (Å²) in [6.07, 6.45) is 5.14. The average Bonchev–Trinajstić information content (AvgIpc) is 2.86. The largest absolute Gasteiger partial charge is 0.465 e. The van der Waals surface area contributed by atoms with Gasteiger partial charge in [0.25, 0.3) is 0 Å². The van der Waals surface area contributed by atoms with Gasteiger partial charge in [0, 0.05) is 6.04 Å². The van der Waals surface area contributed by atoms with Gasteiger partial charge in [0.15, 0.2) is 0 Å². The molecule has 1 aromatic rings. The van der Waals surface area contributed by atoms with Crippen LogP contribution < -0.4 is 5.73 Å². The summed E-state index contributed by atoms with van der Waals surface area (Å²) in [7, 11) is 0. The first-order chi connectivity index (χ1) is 9.51. The van der Waals surface area contributed by atoms with E-state index in [-0.39, 0.29) is 12.1 Å². The molecule has 1 fully saturated rings. The molecule has 0 aliphatic carbocycles. The third kappa shape index (κ3) is 3.09. The summed E-state index contributed by atoms with van der Waals surface area (Å²) in [6, 6.07) is 4.44. The Morgan fingerprint density at radius 1 is 1.25 bits per heavy atom. The Labute approximate surface area is 123 Å². The molecule has 2 atom stereocenters. The van der Waals surface area contributed by atoms with Crippen molar-refractivity contribution in [1.29, 1.82) is 0 Å². The summed E-state index contributed by atoms with van der Waals surface area (Å²) in [6.45, 7) is 11.0. The van der Waals surface area contributed by atoms with Crippen molar-refractivity contribution in [2.24, 2.45) is 11.1 Å². The minimum absolute atomic E-state index is 0.0938. The molecule has 2 heterocycles. The number of furan rings is 1. The van der Waals surface area contributed by atoms with E-state index < -0.39 is 0 Å². The minimum atomic E-state index is 0.0938. The Hall–Kier alpha value is -0.800. The quantitative estimate of drug-likeness (QED) is 0.889. The second-order valence-electron chi connectivity index (χ2n) is 6.50. The van der Waals surface area contributed by atoms with E-state index in [1.54, 1.807) is 0 Å². The summed E-state index contributed by atoms with van der Waals surface area (Å²) in [5.41, 5.74) is 6.79. The summed E-state index contributed by atoms with van der Waals surface area (Å²) in [4.78, 5) is 2.52. The van der Waals surface area contributed by atoms with Crippen LogP contribution in [0.4, 0.5) is 0 Å². The van der Waals surface area contributed by atoms with Gasteiger partial charge in [-0.3, -0.25) is 4.90 Å². The summed E-state index contributed by atoms with van der Waals surface area (Å²) in [5.74, 6) is 2.00. The average molecular weight is 278 g/mol. The van der Waals surface area contributed by atoms with E-state index in [9.17, 15) is 0 Å². The maximum Gasteiger partial charge on any atom is 0.122 e. The number of hydrogen-bond donors (Lipinski definition) is 1. The van der Waals surface area contributed by atoms with Crippen molar-refractivity contribution in [1.82, 2.24) is 4.90 Å².